The van der Waals surface area contributed by atoms with Crippen molar-refractivity contribution in [3.63, 3.8) is 0 Å². The first kappa shape index (κ1) is 17.7. The molecule has 0 bridgehead atoms. The van der Waals surface area contributed by atoms with Crippen LogP contribution in [0.1, 0.15) is 6.42 Å². The molecule has 0 amide bonds. The first-order valence-corrected chi connectivity index (χ1v) is 10.6. The van der Waals surface area contributed by atoms with Crippen molar-refractivity contribution in [3.05, 3.63) is 28.7 Å². The summed E-state index contributed by atoms with van der Waals surface area (Å²) in [6, 6.07) is 7.79. The lowest BCUT2D eigenvalue weighted by molar-refractivity contribution is 0.587. The zero-order valence-electron chi connectivity index (χ0n) is 11.7. The van der Waals surface area contributed by atoms with Gasteiger partial charge in [-0.25, -0.2) is 13.1 Å². The van der Waals surface area contributed by atoms with Crippen LogP contribution < -0.4 is 10.0 Å². The lowest BCUT2D eigenvalue weighted by atomic mass is 10.3. The number of hydrogen-bond acceptors (Lipinski definition) is 7. The second-order valence-corrected chi connectivity index (χ2v) is 9.51. The number of nitrogens with zero attached hydrogens (tertiary/aromatic N) is 2. The van der Waals surface area contributed by atoms with E-state index in [-0.39, 0.29) is 5.75 Å². The molecular weight excluding hydrogens is 408 g/mol. The van der Waals surface area contributed by atoms with E-state index in [1.54, 1.807) is 0 Å². The molecule has 0 fully saturated rings. The highest BCUT2D eigenvalue weighted by Crippen LogP contribution is 2.28. The first-order valence-electron chi connectivity index (χ1n) is 6.38. The van der Waals surface area contributed by atoms with Gasteiger partial charge in [0, 0.05) is 15.9 Å². The van der Waals surface area contributed by atoms with Gasteiger partial charge in [0.05, 0.1) is 5.75 Å². The summed E-state index contributed by atoms with van der Waals surface area (Å²) >= 11 is 6.37. The third-order valence-corrected chi connectivity index (χ3v) is 6.58. The molecule has 1 aromatic carbocycles. The zero-order valence-corrected chi connectivity index (χ0v) is 15.8. The van der Waals surface area contributed by atoms with Gasteiger partial charge in [-0.1, -0.05) is 45.1 Å². The van der Waals surface area contributed by atoms with Crippen molar-refractivity contribution in [1.82, 2.24) is 14.9 Å². The molecule has 2 aromatic rings. The molecule has 0 radical (unpaired) electrons. The minimum atomic E-state index is -3.13. The summed E-state index contributed by atoms with van der Waals surface area (Å²) in [5, 5.41) is 12.1. The summed E-state index contributed by atoms with van der Waals surface area (Å²) in [5.74, 6) is 0.810. The van der Waals surface area contributed by atoms with Gasteiger partial charge < -0.3 is 5.32 Å². The average molecular weight is 423 g/mol. The Balaban J connectivity index is 1.82. The van der Waals surface area contributed by atoms with Crippen molar-refractivity contribution in [2.24, 2.45) is 0 Å². The van der Waals surface area contributed by atoms with E-state index in [9.17, 15) is 8.42 Å². The second-order valence-electron chi connectivity index (χ2n) is 4.23. The maximum atomic E-state index is 11.3. The second kappa shape index (κ2) is 8.25. The molecule has 2 N–H and O–H groups in total. The van der Waals surface area contributed by atoms with Gasteiger partial charge in [0.25, 0.3) is 0 Å². The fourth-order valence-corrected chi connectivity index (χ4v) is 4.61. The molecule has 10 heteroatoms. The van der Waals surface area contributed by atoms with E-state index in [4.69, 9.17) is 0 Å². The Morgan fingerprint density at radius 2 is 2.18 bits per heavy atom. The smallest absolute Gasteiger partial charge is 0.211 e. The van der Waals surface area contributed by atoms with Gasteiger partial charge in [-0.3, -0.25) is 0 Å². The minimum Gasteiger partial charge on any atom is -0.330 e. The molecule has 0 unspecified atom stereocenters. The van der Waals surface area contributed by atoms with Crippen LogP contribution in [0.3, 0.4) is 0 Å². The number of anilines is 2. The van der Waals surface area contributed by atoms with Crippen LogP contribution >= 0.6 is 39.0 Å². The van der Waals surface area contributed by atoms with Crippen LogP contribution in [0, 0.1) is 0 Å². The topological polar surface area (TPSA) is 84.0 Å². The quantitative estimate of drug-likeness (QED) is 0.502. The van der Waals surface area contributed by atoms with Crippen molar-refractivity contribution < 1.29 is 8.42 Å². The maximum Gasteiger partial charge on any atom is 0.211 e. The fourth-order valence-electron chi connectivity index (χ4n) is 1.52. The molecule has 1 aromatic heterocycles. The van der Waals surface area contributed by atoms with Crippen molar-refractivity contribution in [2.45, 2.75) is 10.8 Å². The number of benzene rings is 1. The summed E-state index contributed by atoms with van der Waals surface area (Å²) in [7, 11) is -1.70. The number of hydrogen-bond donors (Lipinski definition) is 2. The van der Waals surface area contributed by atoms with Gasteiger partial charge in [0.2, 0.25) is 15.2 Å². The Bertz CT molecular complexity index is 721. The van der Waals surface area contributed by atoms with Crippen molar-refractivity contribution >= 4 is 59.9 Å². The highest BCUT2D eigenvalue weighted by Gasteiger charge is 2.08. The summed E-state index contributed by atoms with van der Waals surface area (Å²) < 4.78 is 26.7. The van der Waals surface area contributed by atoms with E-state index >= 15 is 0 Å². The SMILES string of the molecule is CNS(=O)(=O)CCCSc1nnc(Nc2cccc(Br)c2)s1. The first-order chi connectivity index (χ1) is 10.5. The molecule has 0 aliphatic carbocycles. The highest BCUT2D eigenvalue weighted by atomic mass is 79.9. The number of thioether (sulfide) groups is 1. The number of rotatable bonds is 8. The Labute approximate surface area is 146 Å². The Morgan fingerprint density at radius 1 is 1.36 bits per heavy atom. The van der Waals surface area contributed by atoms with E-state index in [0.29, 0.717) is 17.3 Å². The van der Waals surface area contributed by atoms with E-state index in [1.807, 2.05) is 24.3 Å². The van der Waals surface area contributed by atoms with Crippen LogP contribution in [-0.2, 0) is 10.0 Å². The predicted octanol–water partition coefficient (Wildman–Crippen LogP) is 3.08. The Morgan fingerprint density at radius 3 is 2.91 bits per heavy atom. The average Bonchev–Trinajstić information content (AvgIpc) is 2.91. The number of aromatic nitrogens is 2. The summed E-state index contributed by atoms with van der Waals surface area (Å²) in [5.41, 5.74) is 0.933. The molecule has 0 saturated heterocycles. The minimum absolute atomic E-state index is 0.123. The van der Waals surface area contributed by atoms with E-state index in [2.05, 4.69) is 36.2 Å². The third kappa shape index (κ3) is 5.84. The van der Waals surface area contributed by atoms with Gasteiger partial charge in [0.1, 0.15) is 0 Å². The molecule has 0 spiro atoms. The number of sulfonamides is 1. The zero-order chi connectivity index (χ0) is 16.0. The van der Waals surface area contributed by atoms with Gasteiger partial charge in [-0.2, -0.15) is 0 Å². The van der Waals surface area contributed by atoms with Gasteiger partial charge in [-0.05, 0) is 31.7 Å². The van der Waals surface area contributed by atoms with Crippen molar-refractivity contribution in [2.75, 3.05) is 23.9 Å². The lowest BCUT2D eigenvalue weighted by Gasteiger charge is -2.01. The number of halogens is 1. The van der Waals surface area contributed by atoms with Gasteiger partial charge >= 0.3 is 0 Å². The van der Waals surface area contributed by atoms with Crippen molar-refractivity contribution in [1.29, 1.82) is 0 Å². The molecule has 0 atom stereocenters. The molecule has 120 valence electrons. The van der Waals surface area contributed by atoms with Crippen molar-refractivity contribution in [3.8, 4) is 0 Å². The van der Waals surface area contributed by atoms with E-state index < -0.39 is 10.0 Å². The highest BCUT2D eigenvalue weighted by molar-refractivity contribution is 9.10. The lowest BCUT2D eigenvalue weighted by Crippen LogP contribution is -2.22. The van der Waals surface area contributed by atoms with Crippen LogP contribution in [0.2, 0.25) is 0 Å². The summed E-state index contributed by atoms with van der Waals surface area (Å²) in [6.07, 6.45) is 0.571. The molecule has 0 saturated carbocycles. The molecule has 1 heterocycles. The predicted molar refractivity (Wildman–Crippen MR) is 95.5 cm³/mol. The Hall–Kier alpha value is -0.680. The molecule has 22 heavy (non-hydrogen) atoms. The molecule has 0 aliphatic heterocycles. The summed E-state index contributed by atoms with van der Waals surface area (Å²) in [6.45, 7) is 0. The molecule has 2 rings (SSSR count). The largest absolute Gasteiger partial charge is 0.330 e. The number of nitrogens with one attached hydrogen (secondary N) is 2. The van der Waals surface area contributed by atoms with E-state index in [1.165, 1.54) is 30.1 Å². The standard InChI is InChI=1S/C12H15BrN4O2S3/c1-14-22(18,19)7-3-6-20-12-17-16-11(21-12)15-10-5-2-4-9(13)8-10/h2,4-5,8,14H,3,6-7H2,1H3,(H,15,16). The normalized spacial score (nSPS) is 11.5. The third-order valence-electron chi connectivity index (χ3n) is 2.58. The van der Waals surface area contributed by atoms with E-state index in [0.717, 1.165) is 14.5 Å². The molecular formula is C12H15BrN4O2S3. The van der Waals surface area contributed by atoms with Crippen LogP contribution in [0.15, 0.2) is 33.1 Å². The maximum absolute atomic E-state index is 11.3. The van der Waals surface area contributed by atoms with Crippen LogP contribution in [0.25, 0.3) is 0 Å². The monoisotopic (exact) mass is 422 g/mol. The van der Waals surface area contributed by atoms with Crippen LogP contribution in [0.5, 0.6) is 0 Å². The van der Waals surface area contributed by atoms with Crippen LogP contribution in [-0.4, -0.2) is 37.2 Å². The fraction of sp³-hybridized carbons (Fsp3) is 0.333. The molecule has 6 nitrogen and oxygen atoms in total. The molecule has 0 aliphatic rings. The summed E-state index contributed by atoms with van der Waals surface area (Å²) in [4.78, 5) is 0. The Kier molecular flexibility index (Phi) is 6.63. The van der Waals surface area contributed by atoms with Gasteiger partial charge in [-0.15, -0.1) is 10.2 Å². The van der Waals surface area contributed by atoms with Gasteiger partial charge in [0.15, 0.2) is 4.34 Å². The van der Waals surface area contributed by atoms with Crippen LogP contribution in [0.4, 0.5) is 10.8 Å².